The largest absolute Gasteiger partial charge is 0.481 e. The van der Waals surface area contributed by atoms with Gasteiger partial charge < -0.3 is 15.3 Å². The highest BCUT2D eigenvalue weighted by Gasteiger charge is 2.35. The average molecular weight is 354 g/mol. The van der Waals surface area contributed by atoms with Gasteiger partial charge in [-0.3, -0.25) is 9.59 Å². The summed E-state index contributed by atoms with van der Waals surface area (Å²) in [5, 5.41) is 28.8. The highest BCUT2D eigenvalue weighted by atomic mass is 16.4. The first kappa shape index (κ1) is 21.8. The van der Waals surface area contributed by atoms with Crippen molar-refractivity contribution in [2.75, 3.05) is 0 Å². The van der Waals surface area contributed by atoms with Gasteiger partial charge in [-0.1, -0.05) is 51.5 Å². The summed E-state index contributed by atoms with van der Waals surface area (Å²) in [5.74, 6) is -0.890. The molecule has 1 saturated carbocycles. The first-order chi connectivity index (χ1) is 12.0. The van der Waals surface area contributed by atoms with Crippen molar-refractivity contribution in [3.8, 4) is 0 Å². The lowest BCUT2D eigenvalue weighted by molar-refractivity contribution is -0.137. The van der Waals surface area contributed by atoms with Crippen LogP contribution < -0.4 is 0 Å². The van der Waals surface area contributed by atoms with E-state index in [9.17, 15) is 19.8 Å². The summed E-state index contributed by atoms with van der Waals surface area (Å²) < 4.78 is 0. The number of rotatable bonds is 13. The van der Waals surface area contributed by atoms with Crippen molar-refractivity contribution < 1.29 is 24.9 Å². The molecule has 0 saturated heterocycles. The van der Waals surface area contributed by atoms with Crippen LogP contribution in [0.2, 0.25) is 0 Å². The van der Waals surface area contributed by atoms with E-state index in [1.165, 1.54) is 0 Å². The van der Waals surface area contributed by atoms with E-state index in [-0.39, 0.29) is 24.5 Å². The Kier molecular flexibility index (Phi) is 10.7. The summed E-state index contributed by atoms with van der Waals surface area (Å²) in [7, 11) is 0. The van der Waals surface area contributed by atoms with Crippen LogP contribution in [0.1, 0.15) is 84.0 Å². The Labute approximate surface area is 151 Å². The average Bonchev–Trinajstić information content (AvgIpc) is 2.82. The van der Waals surface area contributed by atoms with Crippen LogP contribution in [0.15, 0.2) is 11.6 Å². The smallest absolute Gasteiger partial charge is 0.303 e. The maximum absolute atomic E-state index is 12.1. The maximum atomic E-state index is 12.1. The summed E-state index contributed by atoms with van der Waals surface area (Å²) in [5.41, 5.74) is 0.688. The van der Waals surface area contributed by atoms with Gasteiger partial charge in [-0.2, -0.15) is 0 Å². The lowest BCUT2D eigenvalue weighted by Gasteiger charge is -2.16. The molecule has 5 heteroatoms. The molecule has 3 atom stereocenters. The van der Waals surface area contributed by atoms with Crippen LogP contribution in [0.4, 0.5) is 0 Å². The summed E-state index contributed by atoms with van der Waals surface area (Å²) >= 11 is 0. The SMILES string of the molecule is CCCCCC(O)CC=C1C(=O)CC(O)C1CCCCCCC(=O)O. The second kappa shape index (κ2) is 12.2. The van der Waals surface area contributed by atoms with E-state index >= 15 is 0 Å². The van der Waals surface area contributed by atoms with Crippen molar-refractivity contribution in [3.63, 3.8) is 0 Å². The predicted molar refractivity (Wildman–Crippen MR) is 97.3 cm³/mol. The van der Waals surface area contributed by atoms with Gasteiger partial charge in [0.2, 0.25) is 0 Å². The van der Waals surface area contributed by atoms with Crippen molar-refractivity contribution in [2.24, 2.45) is 5.92 Å². The maximum Gasteiger partial charge on any atom is 0.303 e. The van der Waals surface area contributed by atoms with Gasteiger partial charge in [0.1, 0.15) is 0 Å². The topological polar surface area (TPSA) is 94.8 Å². The highest BCUT2D eigenvalue weighted by Crippen LogP contribution is 2.33. The fourth-order valence-electron chi connectivity index (χ4n) is 3.48. The van der Waals surface area contributed by atoms with Gasteiger partial charge in [0.15, 0.2) is 5.78 Å². The molecular formula is C20H34O5. The van der Waals surface area contributed by atoms with E-state index < -0.39 is 18.2 Å². The summed E-state index contributed by atoms with van der Waals surface area (Å²) in [6.45, 7) is 2.12. The molecule has 1 fully saturated rings. The minimum absolute atomic E-state index is 0.00383. The number of hydrogen-bond acceptors (Lipinski definition) is 4. The molecule has 0 aromatic heterocycles. The standard InChI is InChI=1S/C20H34O5/c1-2-3-6-9-15(21)12-13-17-16(18(22)14-19(17)23)10-7-4-5-8-11-20(24)25/h13,15-16,18,21-22H,2-12,14H2,1H3,(H,24,25). The van der Waals surface area contributed by atoms with Crippen molar-refractivity contribution in [1.82, 2.24) is 0 Å². The van der Waals surface area contributed by atoms with Crippen LogP contribution >= 0.6 is 0 Å². The van der Waals surface area contributed by atoms with Crippen LogP contribution in [-0.2, 0) is 9.59 Å². The zero-order valence-electron chi connectivity index (χ0n) is 15.5. The molecular weight excluding hydrogens is 320 g/mol. The van der Waals surface area contributed by atoms with Crippen molar-refractivity contribution >= 4 is 11.8 Å². The second-order valence-corrected chi connectivity index (χ2v) is 7.19. The van der Waals surface area contributed by atoms with E-state index in [2.05, 4.69) is 6.92 Å². The first-order valence-electron chi connectivity index (χ1n) is 9.76. The minimum Gasteiger partial charge on any atom is -0.481 e. The van der Waals surface area contributed by atoms with Gasteiger partial charge in [0.05, 0.1) is 12.2 Å². The molecule has 0 aliphatic heterocycles. The lowest BCUT2D eigenvalue weighted by atomic mass is 9.92. The lowest BCUT2D eigenvalue weighted by Crippen LogP contribution is -2.15. The summed E-state index contributed by atoms with van der Waals surface area (Å²) in [6, 6.07) is 0. The van der Waals surface area contributed by atoms with Gasteiger partial charge >= 0.3 is 5.97 Å². The number of Topliss-reactive ketones (excluding diaryl/α,β-unsaturated/α-hetero) is 1. The van der Waals surface area contributed by atoms with Crippen molar-refractivity contribution in [2.45, 2.75) is 96.2 Å². The van der Waals surface area contributed by atoms with Gasteiger partial charge in [-0.15, -0.1) is 0 Å². The van der Waals surface area contributed by atoms with Crippen LogP contribution in [-0.4, -0.2) is 39.3 Å². The Morgan fingerprint density at radius 3 is 2.60 bits per heavy atom. The Morgan fingerprint density at radius 2 is 1.92 bits per heavy atom. The molecule has 25 heavy (non-hydrogen) atoms. The third-order valence-corrected chi connectivity index (χ3v) is 4.99. The number of aliphatic hydroxyl groups is 2. The van der Waals surface area contributed by atoms with Gasteiger partial charge in [0, 0.05) is 18.8 Å². The molecule has 0 radical (unpaired) electrons. The Balaban J connectivity index is 2.40. The molecule has 5 nitrogen and oxygen atoms in total. The summed E-state index contributed by atoms with van der Waals surface area (Å²) in [6.07, 6.45) is 9.72. The van der Waals surface area contributed by atoms with E-state index in [1.54, 1.807) is 0 Å². The molecule has 0 spiro atoms. The highest BCUT2D eigenvalue weighted by molar-refractivity contribution is 5.98. The fraction of sp³-hybridized carbons (Fsp3) is 0.800. The number of aliphatic hydroxyl groups excluding tert-OH is 2. The number of aliphatic carboxylic acids is 1. The molecule has 1 rings (SSSR count). The quantitative estimate of drug-likeness (QED) is 0.347. The van der Waals surface area contributed by atoms with Crippen molar-refractivity contribution in [3.05, 3.63) is 11.6 Å². The normalized spacial score (nSPS) is 23.3. The second-order valence-electron chi connectivity index (χ2n) is 7.19. The Morgan fingerprint density at radius 1 is 1.20 bits per heavy atom. The zero-order chi connectivity index (χ0) is 18.7. The van der Waals surface area contributed by atoms with Crippen LogP contribution in [0, 0.1) is 5.92 Å². The van der Waals surface area contributed by atoms with E-state index in [4.69, 9.17) is 5.11 Å². The van der Waals surface area contributed by atoms with Crippen molar-refractivity contribution in [1.29, 1.82) is 0 Å². The summed E-state index contributed by atoms with van der Waals surface area (Å²) in [4.78, 5) is 22.6. The molecule has 0 amide bonds. The molecule has 0 bridgehead atoms. The zero-order valence-corrected chi connectivity index (χ0v) is 15.5. The number of hydrogen-bond donors (Lipinski definition) is 3. The van der Waals surface area contributed by atoms with Gasteiger partial charge in [0.25, 0.3) is 0 Å². The molecule has 0 aromatic carbocycles. The van der Waals surface area contributed by atoms with Crippen LogP contribution in [0.3, 0.4) is 0 Å². The van der Waals surface area contributed by atoms with Crippen LogP contribution in [0.5, 0.6) is 0 Å². The molecule has 0 heterocycles. The molecule has 1 aliphatic carbocycles. The molecule has 0 aromatic rings. The number of carboxylic acids is 1. The van der Waals surface area contributed by atoms with Gasteiger partial charge in [-0.05, 0) is 31.3 Å². The number of ketones is 1. The minimum atomic E-state index is -0.764. The van der Waals surface area contributed by atoms with E-state index in [0.29, 0.717) is 18.4 Å². The predicted octanol–water partition coefficient (Wildman–Crippen LogP) is 3.62. The number of unbranched alkanes of at least 4 members (excludes halogenated alkanes) is 5. The molecule has 3 N–H and O–H groups in total. The van der Waals surface area contributed by atoms with Gasteiger partial charge in [-0.25, -0.2) is 0 Å². The molecule has 3 unspecified atom stereocenters. The monoisotopic (exact) mass is 354 g/mol. The molecule has 144 valence electrons. The molecule has 1 aliphatic rings. The first-order valence-corrected chi connectivity index (χ1v) is 9.76. The fourth-order valence-corrected chi connectivity index (χ4v) is 3.48. The number of carbonyl (C=O) groups excluding carboxylic acids is 1. The Bertz CT molecular complexity index is 443. The number of carbonyl (C=O) groups is 2. The third kappa shape index (κ3) is 8.63. The van der Waals surface area contributed by atoms with E-state index in [0.717, 1.165) is 51.4 Å². The Hall–Kier alpha value is -1.20. The van der Waals surface area contributed by atoms with E-state index in [1.807, 2.05) is 6.08 Å². The number of carboxylic acid groups (broad SMARTS) is 1. The van der Waals surface area contributed by atoms with Crippen LogP contribution in [0.25, 0.3) is 0 Å². The third-order valence-electron chi connectivity index (χ3n) is 4.99.